The Balaban J connectivity index is 3.09. The van der Waals surface area contributed by atoms with Gasteiger partial charge in [0.15, 0.2) is 0 Å². The summed E-state index contributed by atoms with van der Waals surface area (Å²) in [4.78, 5) is 10.8. The highest BCUT2D eigenvalue weighted by molar-refractivity contribution is 8.00. The lowest BCUT2D eigenvalue weighted by atomic mass is 10.8. The maximum atomic E-state index is 10.8. The molecular weight excluding hydrogens is 200 g/mol. The van der Waals surface area contributed by atoms with E-state index in [0.29, 0.717) is 18.1 Å². The highest BCUT2D eigenvalue weighted by Gasteiger charge is 2.00. The average molecular weight is 212 g/mol. The van der Waals surface area contributed by atoms with E-state index >= 15 is 0 Å². The summed E-state index contributed by atoms with van der Waals surface area (Å²) in [6, 6.07) is 0. The summed E-state index contributed by atoms with van der Waals surface area (Å²) in [5.74, 6) is 2.53. The number of ether oxygens (including phenoxy) is 1. The van der Waals surface area contributed by atoms with Gasteiger partial charge >= 0.3 is 5.97 Å². The molecule has 0 aromatic carbocycles. The number of rotatable bonds is 6. The number of hydrogen-bond donors (Lipinski definition) is 2. The van der Waals surface area contributed by atoms with Crippen LogP contribution in [0, 0.1) is 0 Å². The summed E-state index contributed by atoms with van der Waals surface area (Å²) in [6.45, 7) is 0.406. The molecule has 0 spiro atoms. The zero-order valence-electron chi connectivity index (χ0n) is 6.15. The Bertz CT molecular complexity index is 108. The standard InChI is InChI=1S/C6H12O2S3/c7-6(8-1-2-9)5-11-4-3-10/h9-10H,1-5H2. The summed E-state index contributed by atoms with van der Waals surface area (Å²) in [7, 11) is 0. The van der Waals surface area contributed by atoms with Gasteiger partial charge in [-0.2, -0.15) is 25.3 Å². The zero-order chi connectivity index (χ0) is 8.53. The van der Waals surface area contributed by atoms with Gasteiger partial charge in [-0.15, -0.1) is 11.8 Å². The van der Waals surface area contributed by atoms with E-state index in [2.05, 4.69) is 25.3 Å². The number of carbonyl (C=O) groups is 1. The van der Waals surface area contributed by atoms with Crippen LogP contribution in [0.3, 0.4) is 0 Å². The lowest BCUT2D eigenvalue weighted by Gasteiger charge is -2.00. The minimum atomic E-state index is -0.161. The van der Waals surface area contributed by atoms with Crippen LogP contribution in [-0.4, -0.2) is 35.6 Å². The van der Waals surface area contributed by atoms with Crippen LogP contribution < -0.4 is 0 Å². The van der Waals surface area contributed by atoms with Crippen LogP contribution >= 0.6 is 37.0 Å². The number of hydrogen-bond acceptors (Lipinski definition) is 5. The third-order valence-corrected chi connectivity index (χ3v) is 2.45. The maximum Gasteiger partial charge on any atom is 0.315 e. The molecular formula is C6H12O2S3. The van der Waals surface area contributed by atoms with Crippen LogP contribution in [0.2, 0.25) is 0 Å². The molecule has 2 nitrogen and oxygen atoms in total. The molecule has 0 unspecified atom stereocenters. The van der Waals surface area contributed by atoms with Gasteiger partial charge in [-0.25, -0.2) is 0 Å². The zero-order valence-corrected chi connectivity index (χ0v) is 8.76. The second kappa shape index (κ2) is 8.62. The van der Waals surface area contributed by atoms with Gasteiger partial charge in [0.25, 0.3) is 0 Å². The molecule has 0 saturated carbocycles. The lowest BCUT2D eigenvalue weighted by molar-refractivity contribution is -0.139. The third kappa shape index (κ3) is 8.43. The van der Waals surface area contributed by atoms with Gasteiger partial charge < -0.3 is 4.74 Å². The molecule has 66 valence electrons. The van der Waals surface area contributed by atoms with Crippen LogP contribution in [0.25, 0.3) is 0 Å². The highest BCUT2D eigenvalue weighted by atomic mass is 32.2. The van der Waals surface area contributed by atoms with E-state index in [-0.39, 0.29) is 5.97 Å². The van der Waals surface area contributed by atoms with Crippen LogP contribution in [-0.2, 0) is 9.53 Å². The summed E-state index contributed by atoms with van der Waals surface area (Å²) in [6.07, 6.45) is 0. The first-order valence-corrected chi connectivity index (χ1v) is 5.68. The fourth-order valence-corrected chi connectivity index (χ4v) is 1.42. The van der Waals surface area contributed by atoms with Crippen molar-refractivity contribution >= 4 is 43.0 Å². The lowest BCUT2D eigenvalue weighted by Crippen LogP contribution is -2.09. The van der Waals surface area contributed by atoms with Gasteiger partial charge in [-0.1, -0.05) is 0 Å². The Labute approximate surface area is 82.3 Å². The first-order valence-electron chi connectivity index (χ1n) is 3.26. The van der Waals surface area contributed by atoms with E-state index in [9.17, 15) is 4.79 Å². The molecule has 0 saturated heterocycles. The Morgan fingerprint density at radius 2 is 2.09 bits per heavy atom. The Hall–Kier alpha value is 0.520. The van der Waals surface area contributed by atoms with Gasteiger partial charge in [-0.05, 0) is 5.75 Å². The van der Waals surface area contributed by atoms with Crippen molar-refractivity contribution in [3.63, 3.8) is 0 Å². The predicted molar refractivity (Wildman–Crippen MR) is 56.0 cm³/mol. The SMILES string of the molecule is O=C(CSCCS)OCCS. The summed E-state index contributed by atoms with van der Waals surface area (Å²) >= 11 is 9.45. The van der Waals surface area contributed by atoms with E-state index in [1.807, 2.05) is 0 Å². The van der Waals surface area contributed by atoms with Crippen molar-refractivity contribution in [2.24, 2.45) is 0 Å². The highest BCUT2D eigenvalue weighted by Crippen LogP contribution is 2.00. The molecule has 0 radical (unpaired) electrons. The largest absolute Gasteiger partial charge is 0.464 e. The van der Waals surface area contributed by atoms with Gasteiger partial charge in [0.05, 0.1) is 5.75 Å². The van der Waals surface area contributed by atoms with E-state index in [1.54, 1.807) is 0 Å². The fourth-order valence-electron chi connectivity index (χ4n) is 0.421. The average Bonchev–Trinajstić information content (AvgIpc) is 2.01. The second-order valence-corrected chi connectivity index (χ2v) is 3.72. The normalized spacial score (nSPS) is 9.64. The van der Waals surface area contributed by atoms with Crippen molar-refractivity contribution in [2.75, 3.05) is 29.6 Å². The summed E-state index contributed by atoms with van der Waals surface area (Å²) in [5.41, 5.74) is 0. The number of thioether (sulfide) groups is 1. The molecule has 0 heterocycles. The molecule has 0 amide bonds. The van der Waals surface area contributed by atoms with Crippen molar-refractivity contribution in [1.82, 2.24) is 0 Å². The van der Waals surface area contributed by atoms with Crippen LogP contribution in [0.1, 0.15) is 0 Å². The first-order chi connectivity index (χ1) is 5.31. The molecule has 5 heteroatoms. The monoisotopic (exact) mass is 212 g/mol. The van der Waals surface area contributed by atoms with Crippen LogP contribution in [0.4, 0.5) is 0 Å². The second-order valence-electron chi connectivity index (χ2n) is 1.72. The molecule has 0 aliphatic carbocycles. The molecule has 0 aliphatic heterocycles. The minimum Gasteiger partial charge on any atom is -0.464 e. The number of thiol groups is 2. The number of carbonyl (C=O) groups excluding carboxylic acids is 1. The van der Waals surface area contributed by atoms with Crippen molar-refractivity contribution in [1.29, 1.82) is 0 Å². The summed E-state index contributed by atoms with van der Waals surface area (Å²) in [5, 5.41) is 0. The molecule has 0 fully saturated rings. The smallest absolute Gasteiger partial charge is 0.315 e. The maximum absolute atomic E-state index is 10.8. The molecule has 0 N–H and O–H groups in total. The quantitative estimate of drug-likeness (QED) is 0.392. The van der Waals surface area contributed by atoms with Gasteiger partial charge in [0, 0.05) is 11.5 Å². The molecule has 0 aliphatic rings. The van der Waals surface area contributed by atoms with Crippen molar-refractivity contribution in [2.45, 2.75) is 0 Å². The van der Waals surface area contributed by atoms with E-state index < -0.39 is 0 Å². The van der Waals surface area contributed by atoms with Crippen molar-refractivity contribution in [3.8, 4) is 0 Å². The predicted octanol–water partition coefficient (Wildman–Crippen LogP) is 1.12. The van der Waals surface area contributed by atoms with Crippen LogP contribution in [0.5, 0.6) is 0 Å². The van der Waals surface area contributed by atoms with E-state index in [0.717, 1.165) is 11.5 Å². The van der Waals surface area contributed by atoms with Crippen LogP contribution in [0.15, 0.2) is 0 Å². The van der Waals surface area contributed by atoms with Gasteiger partial charge in [-0.3, -0.25) is 4.79 Å². The minimum absolute atomic E-state index is 0.161. The molecule has 0 aromatic heterocycles. The Morgan fingerprint density at radius 3 is 2.64 bits per heavy atom. The van der Waals surface area contributed by atoms with Crippen molar-refractivity contribution < 1.29 is 9.53 Å². The van der Waals surface area contributed by atoms with Gasteiger partial charge in [0.2, 0.25) is 0 Å². The van der Waals surface area contributed by atoms with Crippen molar-refractivity contribution in [3.05, 3.63) is 0 Å². The first kappa shape index (κ1) is 11.5. The number of esters is 1. The molecule has 11 heavy (non-hydrogen) atoms. The van der Waals surface area contributed by atoms with E-state index in [4.69, 9.17) is 4.74 Å². The third-order valence-electron chi connectivity index (χ3n) is 0.810. The van der Waals surface area contributed by atoms with Gasteiger partial charge in [0.1, 0.15) is 6.61 Å². The molecule has 0 rings (SSSR count). The summed E-state index contributed by atoms with van der Waals surface area (Å²) < 4.78 is 4.78. The molecule has 0 atom stereocenters. The Kier molecular flexibility index (Phi) is 9.02. The fraction of sp³-hybridized carbons (Fsp3) is 0.833. The molecule has 0 bridgehead atoms. The molecule has 0 aromatic rings. The topological polar surface area (TPSA) is 26.3 Å². The van der Waals surface area contributed by atoms with E-state index in [1.165, 1.54) is 11.8 Å². The Morgan fingerprint density at radius 1 is 1.36 bits per heavy atom.